The highest BCUT2D eigenvalue weighted by Gasteiger charge is 2.68. The fourth-order valence-corrected chi connectivity index (χ4v) is 10.5. The Morgan fingerprint density at radius 1 is 0.875 bits per heavy atom. The average Bonchev–Trinajstić information content (AvgIpc) is 2.72. The normalized spacial score (nSPS) is 54.3. The zero-order valence-corrected chi connectivity index (χ0v) is 21.8. The summed E-state index contributed by atoms with van der Waals surface area (Å²) >= 11 is 0. The molecular weight excluding hydrogens is 392 g/mol. The lowest BCUT2D eigenvalue weighted by Crippen LogP contribution is -2.66. The summed E-state index contributed by atoms with van der Waals surface area (Å²) in [5.74, 6) is 2.37. The first-order valence-corrected chi connectivity index (χ1v) is 13.5. The minimum absolute atomic E-state index is 0.127. The Morgan fingerprint density at radius 2 is 1.59 bits per heavy atom. The minimum Gasteiger partial charge on any atom is -0.393 e. The van der Waals surface area contributed by atoms with Crippen molar-refractivity contribution in [1.29, 1.82) is 0 Å². The van der Waals surface area contributed by atoms with Gasteiger partial charge >= 0.3 is 0 Å². The highest BCUT2D eigenvalue weighted by molar-refractivity contribution is 5.40. The van der Waals surface area contributed by atoms with Gasteiger partial charge in [-0.05, 0) is 113 Å². The Kier molecular flexibility index (Phi) is 5.04. The number of allylic oxidation sites excluding steroid dienone is 3. The summed E-state index contributed by atoms with van der Waals surface area (Å²) in [6.07, 6.45) is 14.3. The third-order valence-electron chi connectivity index (χ3n) is 12.8. The first-order chi connectivity index (χ1) is 14.8. The van der Waals surface area contributed by atoms with Crippen molar-refractivity contribution in [2.75, 3.05) is 6.61 Å². The molecule has 0 saturated heterocycles. The van der Waals surface area contributed by atoms with Gasteiger partial charge in [0.15, 0.2) is 0 Å². The Morgan fingerprint density at radius 3 is 2.28 bits per heavy atom. The maximum Gasteiger partial charge on any atom is 0.0647 e. The van der Waals surface area contributed by atoms with E-state index in [-0.39, 0.29) is 29.0 Å². The van der Waals surface area contributed by atoms with Gasteiger partial charge in [0, 0.05) is 0 Å². The number of aliphatic hydroxyl groups excluding tert-OH is 2. The predicted octanol–water partition coefficient (Wildman–Crippen LogP) is 6.92. The van der Waals surface area contributed by atoms with Gasteiger partial charge in [-0.2, -0.15) is 0 Å². The molecule has 2 N–H and O–H groups in total. The van der Waals surface area contributed by atoms with E-state index in [4.69, 9.17) is 0 Å². The van der Waals surface area contributed by atoms with Gasteiger partial charge in [-0.1, -0.05) is 60.6 Å². The quantitative estimate of drug-likeness (QED) is 0.465. The van der Waals surface area contributed by atoms with E-state index in [9.17, 15) is 10.2 Å². The van der Waals surface area contributed by atoms with Gasteiger partial charge in [0.05, 0.1) is 12.7 Å². The molecule has 0 amide bonds. The van der Waals surface area contributed by atoms with Crippen molar-refractivity contribution in [2.45, 2.75) is 106 Å². The molecule has 5 rings (SSSR count). The summed E-state index contributed by atoms with van der Waals surface area (Å²) in [5.41, 5.74) is 4.16. The number of fused-ring (bicyclic) bond motifs is 7. The van der Waals surface area contributed by atoms with Crippen LogP contribution >= 0.6 is 0 Å². The molecular formula is C30H48O2. The summed E-state index contributed by atoms with van der Waals surface area (Å²) in [6, 6.07) is 0. The maximum atomic E-state index is 10.7. The van der Waals surface area contributed by atoms with Crippen molar-refractivity contribution in [3.8, 4) is 0 Å². The highest BCUT2D eigenvalue weighted by atomic mass is 16.3. The van der Waals surface area contributed by atoms with Crippen LogP contribution in [0.3, 0.4) is 0 Å². The van der Waals surface area contributed by atoms with Crippen LogP contribution in [0.25, 0.3) is 0 Å². The molecule has 9 unspecified atom stereocenters. The lowest BCUT2D eigenvalue weighted by atomic mass is 9.32. The first kappa shape index (κ1) is 23.2. The molecule has 0 aromatic heterocycles. The maximum absolute atomic E-state index is 10.7. The van der Waals surface area contributed by atoms with Crippen LogP contribution < -0.4 is 0 Å². The molecule has 0 aliphatic heterocycles. The van der Waals surface area contributed by atoms with Crippen LogP contribution in [0, 0.1) is 50.7 Å². The number of hydrogen-bond donors (Lipinski definition) is 2. The summed E-state index contributed by atoms with van der Waals surface area (Å²) in [4.78, 5) is 0. The lowest BCUT2D eigenvalue weighted by Gasteiger charge is -2.72. The summed E-state index contributed by atoms with van der Waals surface area (Å²) in [5, 5.41) is 21.2. The van der Waals surface area contributed by atoms with Crippen molar-refractivity contribution in [3.05, 3.63) is 23.3 Å². The van der Waals surface area contributed by atoms with Crippen LogP contribution in [0.4, 0.5) is 0 Å². The molecule has 3 fully saturated rings. The fourth-order valence-electron chi connectivity index (χ4n) is 10.5. The highest BCUT2D eigenvalue weighted by Crippen LogP contribution is 2.76. The topological polar surface area (TPSA) is 40.5 Å². The van der Waals surface area contributed by atoms with Crippen LogP contribution in [-0.4, -0.2) is 22.9 Å². The second kappa shape index (κ2) is 6.97. The molecule has 5 aliphatic carbocycles. The SMILES string of the molecule is CC1C(O)CCC2C1(C)CCC1C2(C)CCC2(C)C3CC(C)(C)C=CC3=C(CO)CC12C. The Hall–Kier alpha value is -0.600. The van der Waals surface area contributed by atoms with Crippen molar-refractivity contribution in [2.24, 2.45) is 50.7 Å². The fraction of sp³-hybridized carbons (Fsp3) is 0.867. The van der Waals surface area contributed by atoms with Gasteiger partial charge in [-0.15, -0.1) is 0 Å². The van der Waals surface area contributed by atoms with Crippen LogP contribution in [-0.2, 0) is 0 Å². The Bertz CT molecular complexity index is 853. The second-order valence-corrected chi connectivity index (χ2v) is 14.4. The van der Waals surface area contributed by atoms with Crippen LogP contribution in [0.1, 0.15) is 99.8 Å². The smallest absolute Gasteiger partial charge is 0.0647 e. The van der Waals surface area contributed by atoms with E-state index in [1.54, 1.807) is 0 Å². The molecule has 0 aromatic carbocycles. The molecule has 32 heavy (non-hydrogen) atoms. The number of rotatable bonds is 1. The molecule has 0 spiro atoms. The summed E-state index contributed by atoms with van der Waals surface area (Å²) < 4.78 is 0. The molecule has 0 bridgehead atoms. The first-order valence-electron chi connectivity index (χ1n) is 13.5. The van der Waals surface area contributed by atoms with Gasteiger partial charge in [0.2, 0.25) is 0 Å². The van der Waals surface area contributed by atoms with Crippen molar-refractivity contribution < 1.29 is 10.2 Å². The molecule has 3 saturated carbocycles. The van der Waals surface area contributed by atoms with Gasteiger partial charge in [-0.25, -0.2) is 0 Å². The van der Waals surface area contributed by atoms with Crippen LogP contribution in [0.2, 0.25) is 0 Å². The van der Waals surface area contributed by atoms with Gasteiger partial charge in [0.25, 0.3) is 0 Å². The second-order valence-electron chi connectivity index (χ2n) is 14.4. The number of aliphatic hydroxyl groups is 2. The van der Waals surface area contributed by atoms with E-state index < -0.39 is 0 Å². The Labute approximate surface area is 197 Å². The van der Waals surface area contributed by atoms with E-state index in [1.807, 2.05) is 0 Å². The molecule has 180 valence electrons. The zero-order valence-electron chi connectivity index (χ0n) is 21.8. The largest absolute Gasteiger partial charge is 0.393 e. The van der Waals surface area contributed by atoms with E-state index in [1.165, 1.54) is 49.7 Å². The zero-order chi connectivity index (χ0) is 23.3. The third-order valence-corrected chi connectivity index (χ3v) is 12.8. The predicted molar refractivity (Wildman–Crippen MR) is 132 cm³/mol. The molecule has 2 nitrogen and oxygen atoms in total. The Balaban J connectivity index is 1.60. The molecule has 0 radical (unpaired) electrons. The number of hydrogen-bond acceptors (Lipinski definition) is 2. The van der Waals surface area contributed by atoms with Gasteiger partial charge < -0.3 is 10.2 Å². The van der Waals surface area contributed by atoms with Crippen molar-refractivity contribution in [1.82, 2.24) is 0 Å². The van der Waals surface area contributed by atoms with E-state index >= 15 is 0 Å². The summed E-state index contributed by atoms with van der Waals surface area (Å²) in [7, 11) is 0. The lowest BCUT2D eigenvalue weighted by molar-refractivity contribution is -0.228. The standard InChI is InChI=1S/C30H48O2/c1-19-23(32)8-9-24-27(19,4)13-11-25-28(24,5)14-15-29(6)22-17-26(2,3)12-10-21(22)20(18-31)16-30(25,29)7/h10,12,19,22-25,31-32H,8-9,11,13-18H2,1-7H3. The average molecular weight is 441 g/mol. The molecule has 5 aliphatic rings. The van der Waals surface area contributed by atoms with E-state index in [0.29, 0.717) is 34.5 Å². The summed E-state index contributed by atoms with van der Waals surface area (Å²) in [6.45, 7) is 17.7. The van der Waals surface area contributed by atoms with Crippen molar-refractivity contribution in [3.63, 3.8) is 0 Å². The monoisotopic (exact) mass is 440 g/mol. The van der Waals surface area contributed by atoms with E-state index in [0.717, 1.165) is 12.8 Å². The van der Waals surface area contributed by atoms with Crippen molar-refractivity contribution >= 4 is 0 Å². The van der Waals surface area contributed by atoms with Gasteiger partial charge in [-0.3, -0.25) is 0 Å². The van der Waals surface area contributed by atoms with Gasteiger partial charge in [0.1, 0.15) is 0 Å². The molecule has 2 heteroatoms. The van der Waals surface area contributed by atoms with Crippen LogP contribution in [0.5, 0.6) is 0 Å². The minimum atomic E-state index is -0.127. The van der Waals surface area contributed by atoms with Crippen LogP contribution in [0.15, 0.2) is 23.3 Å². The molecule has 0 aromatic rings. The van der Waals surface area contributed by atoms with E-state index in [2.05, 4.69) is 60.6 Å². The molecule has 0 heterocycles. The molecule has 9 atom stereocenters. The third kappa shape index (κ3) is 2.78.